The van der Waals surface area contributed by atoms with Gasteiger partial charge in [0, 0.05) is 25.0 Å². The van der Waals surface area contributed by atoms with Gasteiger partial charge in [-0.15, -0.1) is 0 Å². The maximum absolute atomic E-state index is 12.9. The first-order valence-electron chi connectivity index (χ1n) is 8.17. The quantitative estimate of drug-likeness (QED) is 0.635. The monoisotopic (exact) mass is 400 g/mol. The van der Waals surface area contributed by atoms with Crippen molar-refractivity contribution >= 4 is 32.7 Å². The van der Waals surface area contributed by atoms with Crippen LogP contribution in [0.25, 0.3) is 10.9 Å². The lowest BCUT2D eigenvalue weighted by molar-refractivity contribution is 0.0764. The maximum Gasteiger partial charge on any atom is 0.271 e. The van der Waals surface area contributed by atoms with Crippen LogP contribution in [0.15, 0.2) is 53.0 Å². The van der Waals surface area contributed by atoms with E-state index in [0.29, 0.717) is 18.8 Å². The fourth-order valence-electron chi connectivity index (χ4n) is 2.80. The Morgan fingerprint density at radius 1 is 1.16 bits per heavy atom. The lowest BCUT2D eigenvalue weighted by Crippen LogP contribution is -2.32. The molecule has 0 N–H and O–H groups in total. The van der Waals surface area contributed by atoms with E-state index in [9.17, 15) is 4.79 Å². The Balaban J connectivity index is 1.69. The van der Waals surface area contributed by atoms with E-state index in [1.165, 1.54) is 5.56 Å². The highest BCUT2D eigenvalue weighted by molar-refractivity contribution is 9.10. The van der Waals surface area contributed by atoms with Crippen LogP contribution < -0.4 is 4.74 Å². The number of carbonyl (C=O) groups is 1. The molecule has 25 heavy (non-hydrogen) atoms. The zero-order valence-electron chi connectivity index (χ0n) is 14.6. The molecule has 3 rings (SSSR count). The van der Waals surface area contributed by atoms with Crippen molar-refractivity contribution < 1.29 is 9.53 Å². The number of likely N-dealkylation sites (N-methyl/N-ethyl adjacent to an activating group) is 1. The number of carbonyl (C=O) groups excluding carboxylic acids is 1. The molecule has 0 aliphatic heterocycles. The van der Waals surface area contributed by atoms with Crippen LogP contribution in [0.2, 0.25) is 0 Å². The molecule has 5 heteroatoms. The minimum atomic E-state index is -0.0296. The SMILES string of the molecule is Cc1ccc(OCCN(C)C(=O)c2c(Br)c3ccccc3n2C)cc1. The van der Waals surface area contributed by atoms with Gasteiger partial charge in [-0.25, -0.2) is 0 Å². The number of ether oxygens (including phenoxy) is 1. The van der Waals surface area contributed by atoms with Crippen LogP contribution in [-0.2, 0) is 7.05 Å². The van der Waals surface area contributed by atoms with Crippen LogP contribution in [0.3, 0.4) is 0 Å². The van der Waals surface area contributed by atoms with Crippen LogP contribution in [0.4, 0.5) is 0 Å². The Hall–Kier alpha value is -2.27. The van der Waals surface area contributed by atoms with Crippen molar-refractivity contribution in [2.45, 2.75) is 6.92 Å². The molecule has 4 nitrogen and oxygen atoms in total. The van der Waals surface area contributed by atoms with E-state index in [1.807, 2.05) is 67.1 Å². The zero-order chi connectivity index (χ0) is 18.0. The molecule has 0 fully saturated rings. The van der Waals surface area contributed by atoms with Gasteiger partial charge in [0.15, 0.2) is 0 Å². The standard InChI is InChI=1S/C20H21BrN2O2/c1-14-8-10-15(11-9-14)25-13-12-22(2)20(24)19-18(21)16-6-4-5-7-17(16)23(19)3/h4-11H,12-13H2,1-3H3. The highest BCUT2D eigenvalue weighted by Crippen LogP contribution is 2.30. The van der Waals surface area contributed by atoms with Crippen molar-refractivity contribution in [3.63, 3.8) is 0 Å². The fourth-order valence-corrected chi connectivity index (χ4v) is 3.57. The lowest BCUT2D eigenvalue weighted by Gasteiger charge is -2.18. The summed E-state index contributed by atoms with van der Waals surface area (Å²) in [6.07, 6.45) is 0. The maximum atomic E-state index is 12.9. The van der Waals surface area contributed by atoms with Gasteiger partial charge in [-0.1, -0.05) is 35.9 Å². The van der Waals surface area contributed by atoms with E-state index in [4.69, 9.17) is 4.74 Å². The Kier molecular flexibility index (Phi) is 5.13. The summed E-state index contributed by atoms with van der Waals surface area (Å²) in [5.41, 5.74) is 2.88. The number of fused-ring (bicyclic) bond motifs is 1. The van der Waals surface area contributed by atoms with Crippen LogP contribution in [-0.4, -0.2) is 35.6 Å². The number of nitrogens with zero attached hydrogens (tertiary/aromatic N) is 2. The number of halogens is 1. The third-order valence-corrected chi connectivity index (χ3v) is 5.11. The number of hydrogen-bond acceptors (Lipinski definition) is 2. The van der Waals surface area contributed by atoms with E-state index < -0.39 is 0 Å². The number of rotatable bonds is 5. The minimum absolute atomic E-state index is 0.0296. The number of aromatic nitrogens is 1. The smallest absolute Gasteiger partial charge is 0.271 e. The molecule has 3 aromatic rings. The van der Waals surface area contributed by atoms with Crippen molar-refractivity contribution in [1.29, 1.82) is 0 Å². The zero-order valence-corrected chi connectivity index (χ0v) is 16.2. The lowest BCUT2D eigenvalue weighted by atomic mass is 10.2. The second kappa shape index (κ2) is 7.31. The normalized spacial score (nSPS) is 10.9. The summed E-state index contributed by atoms with van der Waals surface area (Å²) in [7, 11) is 3.71. The first-order valence-corrected chi connectivity index (χ1v) is 8.96. The van der Waals surface area contributed by atoms with Crippen molar-refractivity contribution in [3.05, 3.63) is 64.3 Å². The molecule has 0 saturated heterocycles. The minimum Gasteiger partial charge on any atom is -0.492 e. The summed E-state index contributed by atoms with van der Waals surface area (Å²) in [6, 6.07) is 15.9. The summed E-state index contributed by atoms with van der Waals surface area (Å²) in [5.74, 6) is 0.787. The van der Waals surface area contributed by atoms with Crippen molar-refractivity contribution in [2.75, 3.05) is 20.2 Å². The largest absolute Gasteiger partial charge is 0.492 e. The molecular formula is C20H21BrN2O2. The molecule has 1 heterocycles. The molecule has 0 aliphatic rings. The van der Waals surface area contributed by atoms with Gasteiger partial charge in [0.2, 0.25) is 0 Å². The highest BCUT2D eigenvalue weighted by Gasteiger charge is 2.22. The Morgan fingerprint density at radius 2 is 1.84 bits per heavy atom. The molecule has 0 bridgehead atoms. The Morgan fingerprint density at radius 3 is 2.52 bits per heavy atom. The Labute approximate surface area is 156 Å². The van der Waals surface area contributed by atoms with E-state index in [-0.39, 0.29) is 5.91 Å². The van der Waals surface area contributed by atoms with Gasteiger partial charge in [0.05, 0.1) is 11.0 Å². The van der Waals surface area contributed by atoms with Gasteiger partial charge in [-0.3, -0.25) is 4.79 Å². The van der Waals surface area contributed by atoms with Gasteiger partial charge in [-0.2, -0.15) is 0 Å². The first kappa shape index (κ1) is 17.5. The van der Waals surface area contributed by atoms with Gasteiger partial charge in [-0.05, 0) is 41.1 Å². The highest BCUT2D eigenvalue weighted by atomic mass is 79.9. The molecule has 1 aromatic heterocycles. The van der Waals surface area contributed by atoms with Crippen molar-refractivity contribution in [1.82, 2.24) is 9.47 Å². The van der Waals surface area contributed by atoms with Gasteiger partial charge >= 0.3 is 0 Å². The predicted octanol–water partition coefficient (Wildman–Crippen LogP) is 4.40. The second-order valence-electron chi connectivity index (χ2n) is 6.13. The van der Waals surface area contributed by atoms with Gasteiger partial charge in [0.25, 0.3) is 5.91 Å². The summed E-state index contributed by atoms with van der Waals surface area (Å²) < 4.78 is 8.49. The average Bonchev–Trinajstić information content (AvgIpc) is 2.87. The molecule has 0 atom stereocenters. The van der Waals surface area contributed by atoms with E-state index in [1.54, 1.807) is 11.9 Å². The fraction of sp³-hybridized carbons (Fsp3) is 0.250. The number of hydrogen-bond donors (Lipinski definition) is 0. The number of benzene rings is 2. The molecule has 0 saturated carbocycles. The van der Waals surface area contributed by atoms with Crippen LogP contribution in [0.1, 0.15) is 16.1 Å². The summed E-state index contributed by atoms with van der Waals surface area (Å²) in [4.78, 5) is 14.6. The van der Waals surface area contributed by atoms with Gasteiger partial charge in [0.1, 0.15) is 18.1 Å². The molecule has 0 radical (unpaired) electrons. The van der Waals surface area contributed by atoms with Gasteiger partial charge < -0.3 is 14.2 Å². The van der Waals surface area contributed by atoms with Crippen molar-refractivity contribution in [2.24, 2.45) is 7.05 Å². The average molecular weight is 401 g/mol. The van der Waals surface area contributed by atoms with E-state index >= 15 is 0 Å². The van der Waals surface area contributed by atoms with Crippen molar-refractivity contribution in [3.8, 4) is 5.75 Å². The second-order valence-corrected chi connectivity index (χ2v) is 6.92. The molecule has 0 aliphatic carbocycles. The number of para-hydroxylation sites is 1. The molecule has 0 spiro atoms. The topological polar surface area (TPSA) is 34.5 Å². The third kappa shape index (κ3) is 3.56. The summed E-state index contributed by atoms with van der Waals surface area (Å²) in [5, 5.41) is 1.04. The summed E-state index contributed by atoms with van der Waals surface area (Å²) >= 11 is 3.58. The van der Waals surface area contributed by atoms with Crippen LogP contribution in [0, 0.1) is 6.92 Å². The molecule has 130 valence electrons. The van der Waals surface area contributed by atoms with E-state index in [2.05, 4.69) is 15.9 Å². The van der Waals surface area contributed by atoms with E-state index in [0.717, 1.165) is 21.1 Å². The number of amides is 1. The van der Waals surface area contributed by atoms with Crippen LogP contribution in [0.5, 0.6) is 5.75 Å². The predicted molar refractivity (Wildman–Crippen MR) is 104 cm³/mol. The third-order valence-electron chi connectivity index (χ3n) is 4.31. The Bertz CT molecular complexity index is 861. The summed E-state index contributed by atoms with van der Waals surface area (Å²) in [6.45, 7) is 3.01. The van der Waals surface area contributed by atoms with Crippen LogP contribution >= 0.6 is 15.9 Å². The molecule has 0 unspecified atom stereocenters. The molecule has 2 aromatic carbocycles. The number of aryl methyl sites for hydroxylation is 2. The first-order chi connectivity index (χ1) is 12.0. The molecular weight excluding hydrogens is 380 g/mol. The molecule has 1 amide bonds.